The number of carbonyl (C=O) groups is 8. The number of carboxylic acids is 2. The molecule has 3 aliphatic rings. The topological polar surface area (TPSA) is 249 Å². The van der Waals surface area contributed by atoms with Gasteiger partial charge in [0.15, 0.2) is 0 Å². The number of carboxylic acid groups (broad SMARTS) is 2. The maximum absolute atomic E-state index is 12.7. The highest BCUT2D eigenvalue weighted by Crippen LogP contribution is 2.31. The molecule has 0 radical (unpaired) electrons. The quantitative estimate of drug-likeness (QED) is 0.118. The minimum absolute atomic E-state index is 0.00598. The molecule has 320 valence electrons. The number of nitrogens with zero attached hydrogens (tertiary/aromatic N) is 3. The predicted molar refractivity (Wildman–Crippen MR) is 228 cm³/mol. The Morgan fingerprint density at radius 1 is 0.609 bits per heavy atom. The molecule has 0 aliphatic carbocycles. The van der Waals surface area contributed by atoms with Gasteiger partial charge in [0, 0.05) is 59.4 Å². The summed E-state index contributed by atoms with van der Waals surface area (Å²) in [5, 5.41) is 23.3. The number of aliphatic carboxylic acids is 2. The average molecular weight is 861 g/mol. The van der Waals surface area contributed by atoms with E-state index in [9.17, 15) is 48.6 Å². The monoisotopic (exact) mass is 860 g/mol. The van der Waals surface area contributed by atoms with Crippen LogP contribution in [0.4, 0.5) is 0 Å². The van der Waals surface area contributed by atoms with Gasteiger partial charge < -0.3 is 24.9 Å². The number of H-pyrrole nitrogens is 2. The predicted octanol–water partition coefficient (Wildman–Crippen LogP) is 5.20. The molecule has 64 heavy (non-hydrogen) atoms. The Hall–Kier alpha value is -8.73. The molecular formula is C47H36N6O11. The maximum atomic E-state index is 12.7. The van der Waals surface area contributed by atoms with Crippen LogP contribution in [0.5, 0.6) is 5.75 Å². The molecule has 0 saturated heterocycles. The van der Waals surface area contributed by atoms with Gasteiger partial charge in [-0.1, -0.05) is 35.9 Å². The number of methoxy groups -OCH3 is 1. The number of fused-ring (bicyclic) bond motifs is 5. The number of hydrogen-bond donors (Lipinski definition) is 5. The first-order chi connectivity index (χ1) is 30.8. The number of imide groups is 3. The van der Waals surface area contributed by atoms with Gasteiger partial charge in [0.25, 0.3) is 35.4 Å². The van der Waals surface area contributed by atoms with E-state index in [1.54, 1.807) is 68.0 Å². The molecule has 0 bridgehead atoms. The summed E-state index contributed by atoms with van der Waals surface area (Å²) in [6.07, 6.45) is 6.33. The molecule has 2 unspecified atom stereocenters. The van der Waals surface area contributed by atoms with E-state index in [1.165, 1.54) is 30.6 Å². The van der Waals surface area contributed by atoms with Crippen LogP contribution in [0.25, 0.3) is 21.8 Å². The largest absolute Gasteiger partial charge is 0.497 e. The highest BCUT2D eigenvalue weighted by molar-refractivity contribution is 6.24. The van der Waals surface area contributed by atoms with Crippen LogP contribution in [-0.4, -0.2) is 102 Å². The van der Waals surface area contributed by atoms with Gasteiger partial charge in [-0.05, 0) is 78.7 Å². The first-order valence-corrected chi connectivity index (χ1v) is 19.7. The lowest BCUT2D eigenvalue weighted by Gasteiger charge is -2.22. The molecule has 17 heteroatoms. The second-order valence-electron chi connectivity index (χ2n) is 15.0. The first kappa shape index (κ1) is 42.0. The summed E-state index contributed by atoms with van der Waals surface area (Å²) < 4.78 is 5.23. The fraction of sp³-hybridized carbons (Fsp3) is 0.128. The summed E-state index contributed by atoms with van der Waals surface area (Å²) >= 11 is 0. The number of rotatable bonds is 9. The summed E-state index contributed by atoms with van der Waals surface area (Å²) in [5.74, 6) is -4.80. The van der Waals surface area contributed by atoms with E-state index < -0.39 is 47.7 Å². The molecule has 5 N–H and O–H groups in total. The van der Waals surface area contributed by atoms with Gasteiger partial charge in [-0.15, -0.1) is 0 Å². The zero-order chi connectivity index (χ0) is 45.4. The molecule has 2 atom stereocenters. The van der Waals surface area contributed by atoms with Crippen molar-refractivity contribution in [3.63, 3.8) is 0 Å². The SMILES string of the molecule is COc1ccc2[nH]cc(CC(C(=O)O)N3C(=O)c4ccccc4C3=O)c2c1.Cc1ccc2[nH]cc(CC(C(=O)O)N3C(=O)c4ccccc4C3=O)c2c1.O=C1NC(=O)c2cnccc21. The van der Waals surface area contributed by atoms with Crippen LogP contribution >= 0.6 is 0 Å². The van der Waals surface area contributed by atoms with E-state index in [0.717, 1.165) is 42.7 Å². The number of carbonyl (C=O) groups excluding carboxylic acids is 6. The van der Waals surface area contributed by atoms with Crippen molar-refractivity contribution in [1.82, 2.24) is 30.1 Å². The zero-order valence-electron chi connectivity index (χ0n) is 33.9. The molecule has 17 nitrogen and oxygen atoms in total. The Morgan fingerprint density at radius 2 is 1.06 bits per heavy atom. The molecule has 3 aliphatic heterocycles. The van der Waals surface area contributed by atoms with Crippen LogP contribution in [0.3, 0.4) is 0 Å². The number of nitrogens with one attached hydrogen (secondary N) is 3. The van der Waals surface area contributed by atoms with Crippen LogP contribution in [0.15, 0.2) is 116 Å². The summed E-state index contributed by atoms with van der Waals surface area (Å²) in [6.45, 7) is 1.95. The van der Waals surface area contributed by atoms with E-state index >= 15 is 0 Å². The van der Waals surface area contributed by atoms with Gasteiger partial charge in [-0.3, -0.25) is 48.9 Å². The second-order valence-corrected chi connectivity index (χ2v) is 15.0. The highest BCUT2D eigenvalue weighted by atomic mass is 16.5. The molecule has 0 spiro atoms. The number of pyridine rings is 1. The molecular weight excluding hydrogens is 825 g/mol. The van der Waals surface area contributed by atoms with Crippen LogP contribution in [-0.2, 0) is 22.4 Å². The Kier molecular flexibility index (Phi) is 11.1. The molecule has 0 saturated carbocycles. The van der Waals surface area contributed by atoms with Gasteiger partial charge in [0.1, 0.15) is 17.8 Å². The molecule has 0 fully saturated rings. The molecule has 10 rings (SSSR count). The van der Waals surface area contributed by atoms with Crippen LogP contribution in [0.2, 0.25) is 0 Å². The third-order valence-electron chi connectivity index (χ3n) is 11.1. The Morgan fingerprint density at radius 3 is 1.52 bits per heavy atom. The maximum Gasteiger partial charge on any atom is 0.327 e. The van der Waals surface area contributed by atoms with Gasteiger partial charge in [-0.2, -0.15) is 0 Å². The molecule has 6 heterocycles. The lowest BCUT2D eigenvalue weighted by Crippen LogP contribution is -2.46. The van der Waals surface area contributed by atoms with Crippen LogP contribution < -0.4 is 10.1 Å². The average Bonchev–Trinajstić information content (AvgIpc) is 4.08. The van der Waals surface area contributed by atoms with Crippen molar-refractivity contribution in [2.75, 3.05) is 7.11 Å². The number of ether oxygens (including phenoxy) is 1. The van der Waals surface area contributed by atoms with Crippen molar-refractivity contribution in [2.24, 2.45) is 0 Å². The van der Waals surface area contributed by atoms with E-state index in [0.29, 0.717) is 22.4 Å². The van der Waals surface area contributed by atoms with E-state index in [4.69, 9.17) is 4.74 Å². The minimum Gasteiger partial charge on any atom is -0.497 e. The van der Waals surface area contributed by atoms with Crippen LogP contribution in [0, 0.1) is 6.92 Å². The number of amides is 6. The summed E-state index contributed by atoms with van der Waals surface area (Å²) in [5.41, 5.74) is 5.92. The Labute approximate surface area is 362 Å². The lowest BCUT2D eigenvalue weighted by atomic mass is 10.0. The number of hydrogen-bond acceptors (Lipinski definition) is 10. The summed E-state index contributed by atoms with van der Waals surface area (Å²) in [7, 11) is 1.55. The summed E-state index contributed by atoms with van der Waals surface area (Å²) in [4.78, 5) is 108. The van der Waals surface area contributed by atoms with Gasteiger partial charge in [0.05, 0.1) is 40.5 Å². The number of aryl methyl sites for hydroxylation is 1. The van der Waals surface area contributed by atoms with E-state index in [2.05, 4.69) is 20.3 Å². The van der Waals surface area contributed by atoms with E-state index in [-0.39, 0.29) is 46.9 Å². The van der Waals surface area contributed by atoms with Gasteiger partial charge in [0.2, 0.25) is 0 Å². The van der Waals surface area contributed by atoms with Crippen molar-refractivity contribution in [1.29, 1.82) is 0 Å². The lowest BCUT2D eigenvalue weighted by molar-refractivity contribution is -0.142. The first-order valence-electron chi connectivity index (χ1n) is 19.7. The minimum atomic E-state index is -1.30. The standard InChI is InChI=1S/C20H16N2O5.C20H16N2O4.C7H4N2O2/c1-27-12-6-7-16-15(9-12)11(10-21-16)8-17(20(25)26)22-18(23)13-4-2-3-5-14(13)19(22)24;1-11-6-7-16-15(8-11)12(10-21-16)9-17(20(25)26)22-18(23)13-4-2-3-5-14(13)19(22)24;10-6-4-1-2-8-3-5(4)7(11)9-6/h2-7,9-10,17,21H,8H2,1H3,(H,25,26);2-8,10,17,21H,9H2,1H3,(H,25,26);1-3H,(H,9,10,11). The normalized spacial score (nSPS) is 14.6. The molecule has 3 aromatic heterocycles. The van der Waals surface area contributed by atoms with Gasteiger partial charge in [-0.25, -0.2) is 9.59 Å². The third kappa shape index (κ3) is 7.61. The Bertz CT molecular complexity index is 3010. The Balaban J connectivity index is 0.000000142. The van der Waals surface area contributed by atoms with Crippen LogP contribution in [0.1, 0.15) is 78.8 Å². The van der Waals surface area contributed by atoms with Gasteiger partial charge >= 0.3 is 11.9 Å². The third-order valence-corrected chi connectivity index (χ3v) is 11.1. The van der Waals surface area contributed by atoms with Crippen molar-refractivity contribution < 1.29 is 53.3 Å². The highest BCUT2D eigenvalue weighted by Gasteiger charge is 2.44. The smallest absolute Gasteiger partial charge is 0.327 e. The molecule has 7 aromatic rings. The number of aromatic nitrogens is 3. The second kappa shape index (κ2) is 17.0. The fourth-order valence-corrected chi connectivity index (χ4v) is 7.90. The van der Waals surface area contributed by atoms with Crippen molar-refractivity contribution in [2.45, 2.75) is 31.8 Å². The molecule has 4 aromatic carbocycles. The van der Waals surface area contributed by atoms with Crippen molar-refractivity contribution >= 4 is 69.2 Å². The van der Waals surface area contributed by atoms with Crippen molar-refractivity contribution in [3.8, 4) is 5.75 Å². The fourth-order valence-electron chi connectivity index (χ4n) is 7.90. The summed E-state index contributed by atoms with van der Waals surface area (Å²) in [6, 6.07) is 23.0. The zero-order valence-corrected chi connectivity index (χ0v) is 33.9. The van der Waals surface area contributed by atoms with Crippen molar-refractivity contribution in [3.05, 3.63) is 166 Å². The number of benzene rings is 4. The number of aromatic amines is 2. The van der Waals surface area contributed by atoms with E-state index in [1.807, 2.05) is 31.2 Å². The molecule has 6 amide bonds.